The number of carbonyl (C=O) groups excluding carboxylic acids is 2. The SMILES string of the molecule is CC(C)(C)Oc1cc(NC(=O)O)c(NC(=O)CC(=O)c2cccc(-n3ccnc3)c2)cc1-c1ccc(F)cc1. The Morgan fingerprint density at radius 2 is 1.72 bits per heavy atom. The Hall–Kier alpha value is -4.99. The number of imidazole rings is 1. The highest BCUT2D eigenvalue weighted by Crippen LogP contribution is 2.39. The van der Waals surface area contributed by atoms with Gasteiger partial charge in [0, 0.05) is 35.3 Å². The van der Waals surface area contributed by atoms with Crippen LogP contribution in [0.25, 0.3) is 16.8 Å². The minimum absolute atomic E-state index is 0.0514. The number of halogens is 1. The van der Waals surface area contributed by atoms with Crippen molar-refractivity contribution in [1.29, 1.82) is 0 Å². The number of anilines is 2. The topological polar surface area (TPSA) is 123 Å². The van der Waals surface area contributed by atoms with E-state index in [0.29, 0.717) is 28.1 Å². The summed E-state index contributed by atoms with van der Waals surface area (Å²) in [6, 6.07) is 15.4. The summed E-state index contributed by atoms with van der Waals surface area (Å²) in [7, 11) is 0. The van der Waals surface area contributed by atoms with Gasteiger partial charge < -0.3 is 19.7 Å². The molecule has 10 heteroatoms. The minimum Gasteiger partial charge on any atom is -0.487 e. The summed E-state index contributed by atoms with van der Waals surface area (Å²) in [5.74, 6) is -1.17. The van der Waals surface area contributed by atoms with E-state index in [9.17, 15) is 23.9 Å². The summed E-state index contributed by atoms with van der Waals surface area (Å²) in [6.07, 6.45) is 3.11. The fourth-order valence-electron chi connectivity index (χ4n) is 3.87. The molecule has 4 rings (SSSR count). The maximum atomic E-state index is 13.6. The molecule has 0 spiro atoms. The van der Waals surface area contributed by atoms with Crippen LogP contribution in [-0.4, -0.2) is 38.0 Å². The maximum Gasteiger partial charge on any atom is 0.409 e. The summed E-state index contributed by atoms with van der Waals surface area (Å²) in [4.78, 5) is 41.4. The first kappa shape index (κ1) is 27.1. The number of hydrogen-bond donors (Lipinski definition) is 3. The van der Waals surface area contributed by atoms with E-state index in [4.69, 9.17) is 4.74 Å². The Bertz CT molecular complexity index is 1510. The number of ether oxygens (including phenoxy) is 1. The molecule has 0 atom stereocenters. The van der Waals surface area contributed by atoms with Gasteiger partial charge in [0.1, 0.15) is 17.2 Å². The first-order chi connectivity index (χ1) is 18.5. The van der Waals surface area contributed by atoms with Gasteiger partial charge in [0.2, 0.25) is 5.91 Å². The summed E-state index contributed by atoms with van der Waals surface area (Å²) in [5.41, 5.74) is 1.65. The fraction of sp³-hybridized carbons (Fsp3) is 0.172. The molecule has 0 radical (unpaired) electrons. The third-order valence-electron chi connectivity index (χ3n) is 5.50. The smallest absolute Gasteiger partial charge is 0.409 e. The number of Topliss-reactive ketones (excluding diaryl/α,β-unsaturated/α-hetero) is 1. The highest BCUT2D eigenvalue weighted by molar-refractivity contribution is 6.12. The monoisotopic (exact) mass is 530 g/mol. The van der Waals surface area contributed by atoms with Crippen LogP contribution in [0.3, 0.4) is 0 Å². The van der Waals surface area contributed by atoms with Crippen LogP contribution in [-0.2, 0) is 4.79 Å². The van der Waals surface area contributed by atoms with Crippen molar-refractivity contribution in [2.24, 2.45) is 0 Å². The molecule has 1 aromatic heterocycles. The van der Waals surface area contributed by atoms with Crippen molar-refractivity contribution in [2.45, 2.75) is 32.8 Å². The lowest BCUT2D eigenvalue weighted by Crippen LogP contribution is -2.24. The van der Waals surface area contributed by atoms with Gasteiger partial charge in [0.05, 0.1) is 24.1 Å². The number of nitrogens with one attached hydrogen (secondary N) is 2. The lowest BCUT2D eigenvalue weighted by Gasteiger charge is -2.25. The molecular weight excluding hydrogens is 503 g/mol. The first-order valence-electron chi connectivity index (χ1n) is 12.0. The summed E-state index contributed by atoms with van der Waals surface area (Å²) >= 11 is 0. The Labute approximate surface area is 224 Å². The van der Waals surface area contributed by atoms with Crippen LogP contribution in [0.5, 0.6) is 5.75 Å². The predicted molar refractivity (Wildman–Crippen MR) is 145 cm³/mol. The zero-order valence-electron chi connectivity index (χ0n) is 21.6. The van der Waals surface area contributed by atoms with E-state index in [-0.39, 0.29) is 11.4 Å². The predicted octanol–water partition coefficient (Wildman–Crippen LogP) is 6.16. The molecule has 0 bridgehead atoms. The van der Waals surface area contributed by atoms with Crippen molar-refractivity contribution in [1.82, 2.24) is 9.55 Å². The molecule has 200 valence electrons. The summed E-state index contributed by atoms with van der Waals surface area (Å²) in [5, 5.41) is 14.3. The molecule has 0 saturated carbocycles. The second-order valence-electron chi connectivity index (χ2n) is 9.71. The molecule has 0 aliphatic heterocycles. The largest absolute Gasteiger partial charge is 0.487 e. The Morgan fingerprint density at radius 3 is 2.36 bits per heavy atom. The Morgan fingerprint density at radius 1 is 1.00 bits per heavy atom. The van der Waals surface area contributed by atoms with E-state index in [1.54, 1.807) is 59.7 Å². The molecule has 3 aromatic carbocycles. The number of nitrogens with zero attached hydrogens (tertiary/aromatic N) is 2. The molecule has 4 aromatic rings. The van der Waals surface area contributed by atoms with E-state index in [2.05, 4.69) is 15.6 Å². The van der Waals surface area contributed by atoms with Crippen molar-refractivity contribution in [3.8, 4) is 22.6 Å². The van der Waals surface area contributed by atoms with Crippen LogP contribution >= 0.6 is 0 Å². The van der Waals surface area contributed by atoms with Gasteiger partial charge in [0.15, 0.2) is 5.78 Å². The van der Waals surface area contributed by atoms with Gasteiger partial charge in [-0.1, -0.05) is 24.3 Å². The molecule has 0 unspecified atom stereocenters. The van der Waals surface area contributed by atoms with Gasteiger partial charge in [-0.2, -0.15) is 0 Å². The number of carboxylic acid groups (broad SMARTS) is 1. The quantitative estimate of drug-likeness (QED) is 0.185. The Kier molecular flexibility index (Phi) is 7.75. The van der Waals surface area contributed by atoms with Crippen LogP contribution in [0.1, 0.15) is 37.6 Å². The van der Waals surface area contributed by atoms with Crippen LogP contribution in [0.4, 0.5) is 20.6 Å². The number of benzene rings is 3. The van der Waals surface area contributed by atoms with Crippen LogP contribution in [0, 0.1) is 5.82 Å². The molecule has 3 N–H and O–H groups in total. The van der Waals surface area contributed by atoms with Gasteiger partial charge in [-0.3, -0.25) is 14.9 Å². The number of amides is 2. The number of ketones is 1. The van der Waals surface area contributed by atoms with Crippen LogP contribution in [0.15, 0.2) is 79.4 Å². The van der Waals surface area contributed by atoms with E-state index < -0.39 is 35.6 Å². The van der Waals surface area contributed by atoms with Gasteiger partial charge in [-0.25, -0.2) is 14.2 Å². The van der Waals surface area contributed by atoms with Crippen molar-refractivity contribution in [3.63, 3.8) is 0 Å². The second-order valence-corrected chi connectivity index (χ2v) is 9.71. The molecule has 0 aliphatic carbocycles. The lowest BCUT2D eigenvalue weighted by molar-refractivity contribution is -0.115. The number of rotatable bonds is 8. The average Bonchev–Trinajstić information content (AvgIpc) is 3.40. The molecule has 0 aliphatic rings. The molecule has 0 fully saturated rings. The highest BCUT2D eigenvalue weighted by Gasteiger charge is 2.21. The summed E-state index contributed by atoms with van der Waals surface area (Å²) in [6.45, 7) is 5.48. The normalized spacial score (nSPS) is 11.1. The van der Waals surface area contributed by atoms with Gasteiger partial charge in [-0.05, 0) is 56.7 Å². The third-order valence-corrected chi connectivity index (χ3v) is 5.50. The highest BCUT2D eigenvalue weighted by atomic mass is 19.1. The third kappa shape index (κ3) is 7.07. The van der Waals surface area contributed by atoms with Gasteiger partial charge >= 0.3 is 6.09 Å². The van der Waals surface area contributed by atoms with Crippen LogP contribution in [0.2, 0.25) is 0 Å². The maximum absolute atomic E-state index is 13.6. The zero-order valence-corrected chi connectivity index (χ0v) is 21.6. The number of hydrogen-bond acceptors (Lipinski definition) is 5. The molecule has 9 nitrogen and oxygen atoms in total. The zero-order chi connectivity index (χ0) is 28.2. The van der Waals surface area contributed by atoms with Crippen molar-refractivity contribution < 1.29 is 28.6 Å². The first-order valence-corrected chi connectivity index (χ1v) is 12.0. The van der Waals surface area contributed by atoms with E-state index >= 15 is 0 Å². The average molecular weight is 531 g/mol. The van der Waals surface area contributed by atoms with E-state index in [1.165, 1.54) is 24.3 Å². The Balaban J connectivity index is 1.64. The minimum atomic E-state index is -1.35. The standard InChI is InChI=1S/C29H27FN4O5/c1-29(2,3)39-26-15-24(33-28(37)38)23(14-22(26)18-7-9-20(30)10-8-18)32-27(36)16-25(35)19-5-4-6-21(13-19)34-12-11-31-17-34/h4-15,17,33H,16H2,1-3H3,(H,32,36)(H,37,38). The lowest BCUT2D eigenvalue weighted by atomic mass is 10.0. The number of carbonyl (C=O) groups is 3. The molecule has 0 saturated heterocycles. The number of aromatic nitrogens is 2. The molecule has 1 heterocycles. The van der Waals surface area contributed by atoms with Gasteiger partial charge in [0.25, 0.3) is 0 Å². The second kappa shape index (κ2) is 11.2. The summed E-state index contributed by atoms with van der Waals surface area (Å²) < 4.78 is 21.4. The van der Waals surface area contributed by atoms with Crippen molar-refractivity contribution in [3.05, 3.63) is 90.8 Å². The van der Waals surface area contributed by atoms with E-state index in [1.807, 2.05) is 20.8 Å². The van der Waals surface area contributed by atoms with Crippen molar-refractivity contribution >= 4 is 29.2 Å². The van der Waals surface area contributed by atoms with E-state index in [0.717, 1.165) is 0 Å². The molecular formula is C29H27FN4O5. The van der Waals surface area contributed by atoms with Gasteiger partial charge in [-0.15, -0.1) is 0 Å². The molecule has 2 amide bonds. The van der Waals surface area contributed by atoms with Crippen molar-refractivity contribution in [2.75, 3.05) is 10.6 Å². The molecule has 39 heavy (non-hydrogen) atoms. The van der Waals surface area contributed by atoms with Crippen LogP contribution < -0.4 is 15.4 Å². The fourth-order valence-corrected chi connectivity index (χ4v) is 3.87.